The van der Waals surface area contributed by atoms with Crippen LogP contribution in [0.25, 0.3) is 0 Å². The Morgan fingerprint density at radius 3 is 2.12 bits per heavy atom. The van der Waals surface area contributed by atoms with E-state index in [4.69, 9.17) is 5.73 Å². The Morgan fingerprint density at radius 2 is 1.69 bits per heavy atom. The average molecular weight is 470 g/mol. The molecule has 0 radical (unpaired) electrons. The van der Waals surface area contributed by atoms with Crippen molar-refractivity contribution in [2.75, 3.05) is 6.54 Å². The SMILES string of the molecule is CC(C)SC1CC(=O)N(C(CN)C(=O)N[C@H](C(=O)C[C@@H](C)C(=O)C(C)(C)C)C(C)C)C1=O. The predicted octanol–water partition coefficient (Wildman–Crippen LogP) is 1.93. The Labute approximate surface area is 195 Å². The van der Waals surface area contributed by atoms with E-state index in [9.17, 15) is 24.0 Å². The number of rotatable bonds is 11. The van der Waals surface area contributed by atoms with E-state index in [2.05, 4.69) is 5.32 Å². The minimum absolute atomic E-state index is 0.00119. The third-order valence-electron chi connectivity index (χ3n) is 5.42. The highest BCUT2D eigenvalue weighted by Gasteiger charge is 2.45. The molecule has 9 heteroatoms. The molecule has 4 atom stereocenters. The number of carbonyl (C=O) groups excluding carboxylic acids is 5. The van der Waals surface area contributed by atoms with Gasteiger partial charge in [0, 0.05) is 30.7 Å². The zero-order valence-electron chi connectivity index (χ0n) is 20.6. The van der Waals surface area contributed by atoms with Gasteiger partial charge in [-0.25, -0.2) is 0 Å². The van der Waals surface area contributed by atoms with Crippen molar-refractivity contribution < 1.29 is 24.0 Å². The first-order valence-electron chi connectivity index (χ1n) is 11.2. The summed E-state index contributed by atoms with van der Waals surface area (Å²) in [5.74, 6) is -2.50. The topological polar surface area (TPSA) is 127 Å². The van der Waals surface area contributed by atoms with Gasteiger partial charge in [-0.2, -0.15) is 0 Å². The molecule has 182 valence electrons. The van der Waals surface area contributed by atoms with Crippen LogP contribution in [0.15, 0.2) is 0 Å². The molecular formula is C23H39N3O5S. The number of imide groups is 1. The standard InChI is InChI=1S/C23H39N3O5S/c1-12(2)19(16(27)9-14(5)20(29)23(6,7)8)25-21(30)15(11-24)26-18(28)10-17(22(26)31)32-13(3)4/h12-15,17,19H,9-11,24H2,1-8H3,(H,25,30)/t14-,15?,17?,19+/m1/s1. The summed E-state index contributed by atoms with van der Waals surface area (Å²) < 4.78 is 0. The second-order valence-electron chi connectivity index (χ2n) is 10.1. The maximum absolute atomic E-state index is 13.0. The third-order valence-corrected chi connectivity index (χ3v) is 6.66. The van der Waals surface area contributed by atoms with Crippen LogP contribution in [-0.4, -0.2) is 63.3 Å². The molecule has 0 aliphatic carbocycles. The molecule has 0 spiro atoms. The van der Waals surface area contributed by atoms with E-state index in [-0.39, 0.29) is 42.1 Å². The van der Waals surface area contributed by atoms with Crippen LogP contribution >= 0.6 is 11.8 Å². The van der Waals surface area contributed by atoms with Gasteiger partial charge < -0.3 is 11.1 Å². The molecule has 1 aliphatic heterocycles. The van der Waals surface area contributed by atoms with Gasteiger partial charge in [0.1, 0.15) is 11.8 Å². The quantitative estimate of drug-likeness (QED) is 0.443. The second kappa shape index (κ2) is 11.4. The molecule has 1 aliphatic rings. The van der Waals surface area contributed by atoms with Gasteiger partial charge in [-0.3, -0.25) is 28.9 Å². The van der Waals surface area contributed by atoms with Gasteiger partial charge in [0.05, 0.1) is 11.3 Å². The first-order chi connectivity index (χ1) is 14.6. The lowest BCUT2D eigenvalue weighted by Crippen LogP contribution is -2.57. The molecule has 3 amide bonds. The minimum atomic E-state index is -1.17. The summed E-state index contributed by atoms with van der Waals surface area (Å²) in [6.07, 6.45) is 0.0334. The van der Waals surface area contributed by atoms with Gasteiger partial charge in [-0.05, 0) is 11.2 Å². The number of hydrogen-bond acceptors (Lipinski definition) is 7. The number of likely N-dealkylation sites (tertiary alicyclic amines) is 1. The smallest absolute Gasteiger partial charge is 0.245 e. The van der Waals surface area contributed by atoms with E-state index in [0.29, 0.717) is 0 Å². The molecule has 1 saturated heterocycles. The van der Waals surface area contributed by atoms with Crippen molar-refractivity contribution in [2.24, 2.45) is 23.0 Å². The van der Waals surface area contributed by atoms with Crippen molar-refractivity contribution in [3.05, 3.63) is 0 Å². The number of amides is 3. The van der Waals surface area contributed by atoms with Crippen molar-refractivity contribution in [3.8, 4) is 0 Å². The van der Waals surface area contributed by atoms with Crippen LogP contribution in [0.4, 0.5) is 0 Å². The molecule has 1 rings (SSSR count). The molecule has 8 nitrogen and oxygen atoms in total. The number of nitrogens with one attached hydrogen (secondary N) is 1. The fourth-order valence-corrected chi connectivity index (χ4v) is 4.97. The Balaban J connectivity index is 2.96. The van der Waals surface area contributed by atoms with E-state index in [1.54, 1.807) is 41.5 Å². The fraction of sp³-hybridized carbons (Fsp3) is 0.783. The molecule has 0 aromatic heterocycles. The van der Waals surface area contributed by atoms with Crippen molar-refractivity contribution in [2.45, 2.75) is 90.8 Å². The maximum atomic E-state index is 13.0. The fourth-order valence-electron chi connectivity index (χ4n) is 3.84. The normalized spacial score (nSPS) is 20.0. The molecule has 0 bridgehead atoms. The second-order valence-corrected chi connectivity index (χ2v) is 11.9. The molecule has 1 heterocycles. The summed E-state index contributed by atoms with van der Waals surface area (Å²) in [4.78, 5) is 64.7. The number of carbonyl (C=O) groups is 5. The number of hydrogen-bond donors (Lipinski definition) is 2. The van der Waals surface area contributed by atoms with Crippen molar-refractivity contribution in [1.29, 1.82) is 0 Å². The highest BCUT2D eigenvalue weighted by molar-refractivity contribution is 8.01. The Bertz CT molecular complexity index is 744. The van der Waals surface area contributed by atoms with Gasteiger partial charge in [-0.1, -0.05) is 55.4 Å². The van der Waals surface area contributed by atoms with Crippen LogP contribution in [0.1, 0.15) is 68.2 Å². The van der Waals surface area contributed by atoms with Crippen molar-refractivity contribution >= 4 is 41.0 Å². The van der Waals surface area contributed by atoms with Crippen LogP contribution < -0.4 is 11.1 Å². The van der Waals surface area contributed by atoms with E-state index in [0.717, 1.165) is 4.90 Å². The van der Waals surface area contributed by atoms with E-state index in [1.165, 1.54) is 11.8 Å². The molecule has 0 aromatic carbocycles. The van der Waals surface area contributed by atoms with E-state index >= 15 is 0 Å². The van der Waals surface area contributed by atoms with Crippen LogP contribution in [0.5, 0.6) is 0 Å². The van der Waals surface area contributed by atoms with Gasteiger partial charge in [-0.15, -0.1) is 11.8 Å². The van der Waals surface area contributed by atoms with E-state index < -0.39 is 46.4 Å². The Kier molecular flexibility index (Phi) is 10.1. The van der Waals surface area contributed by atoms with Gasteiger partial charge >= 0.3 is 0 Å². The summed E-state index contributed by atoms with van der Waals surface area (Å²) >= 11 is 1.38. The lowest BCUT2D eigenvalue weighted by atomic mass is 9.80. The Morgan fingerprint density at radius 1 is 1.12 bits per heavy atom. The number of thioether (sulfide) groups is 1. The summed E-state index contributed by atoms with van der Waals surface area (Å²) in [6, 6.07) is -2.02. The summed E-state index contributed by atoms with van der Waals surface area (Å²) in [5.41, 5.74) is 5.21. The first-order valence-corrected chi connectivity index (χ1v) is 12.1. The molecule has 3 N–H and O–H groups in total. The molecule has 1 fully saturated rings. The highest BCUT2D eigenvalue weighted by atomic mass is 32.2. The van der Waals surface area contributed by atoms with Gasteiger partial charge in [0.2, 0.25) is 17.7 Å². The number of Topliss-reactive ketones (excluding diaryl/α,β-unsaturated/α-hetero) is 2. The summed E-state index contributed by atoms with van der Waals surface area (Å²) in [7, 11) is 0. The molecule has 0 saturated carbocycles. The predicted molar refractivity (Wildman–Crippen MR) is 126 cm³/mol. The monoisotopic (exact) mass is 469 g/mol. The lowest BCUT2D eigenvalue weighted by molar-refractivity contribution is -0.147. The van der Waals surface area contributed by atoms with Crippen LogP contribution in [0, 0.1) is 17.3 Å². The van der Waals surface area contributed by atoms with Crippen molar-refractivity contribution in [1.82, 2.24) is 10.2 Å². The largest absolute Gasteiger partial charge is 0.344 e. The van der Waals surface area contributed by atoms with E-state index in [1.807, 2.05) is 13.8 Å². The summed E-state index contributed by atoms with van der Waals surface area (Å²) in [5, 5.41) is 2.32. The molecular weight excluding hydrogens is 430 g/mol. The van der Waals surface area contributed by atoms with Crippen LogP contribution in [0.2, 0.25) is 0 Å². The van der Waals surface area contributed by atoms with Crippen LogP contribution in [-0.2, 0) is 24.0 Å². The zero-order valence-corrected chi connectivity index (χ0v) is 21.4. The Hall–Kier alpha value is -1.74. The number of ketones is 2. The first kappa shape index (κ1) is 28.3. The zero-order chi connectivity index (χ0) is 25.0. The highest BCUT2D eigenvalue weighted by Crippen LogP contribution is 2.29. The third kappa shape index (κ3) is 7.13. The molecule has 0 aromatic rings. The lowest BCUT2D eigenvalue weighted by Gasteiger charge is -2.29. The maximum Gasteiger partial charge on any atom is 0.245 e. The molecule has 32 heavy (non-hydrogen) atoms. The number of nitrogens with two attached hydrogens (primary N) is 1. The van der Waals surface area contributed by atoms with Crippen LogP contribution in [0.3, 0.4) is 0 Å². The average Bonchev–Trinajstić information content (AvgIpc) is 2.92. The summed E-state index contributed by atoms with van der Waals surface area (Å²) in [6.45, 7) is 14.3. The molecule has 2 unspecified atom stereocenters. The number of nitrogens with zero attached hydrogens (tertiary/aromatic N) is 1. The van der Waals surface area contributed by atoms with Crippen molar-refractivity contribution in [3.63, 3.8) is 0 Å². The van der Waals surface area contributed by atoms with Gasteiger partial charge in [0.15, 0.2) is 5.78 Å². The minimum Gasteiger partial charge on any atom is -0.344 e. The van der Waals surface area contributed by atoms with Gasteiger partial charge in [0.25, 0.3) is 0 Å².